The molecule has 0 fully saturated rings. The van der Waals surface area contributed by atoms with Gasteiger partial charge in [0, 0.05) is 19.2 Å². The molecule has 0 aliphatic carbocycles. The van der Waals surface area contributed by atoms with Gasteiger partial charge in [0.2, 0.25) is 0 Å². The number of nitrogens with zero attached hydrogens (tertiary/aromatic N) is 3. The molecule has 0 atom stereocenters. The van der Waals surface area contributed by atoms with Gasteiger partial charge in [0.1, 0.15) is 5.82 Å². The Bertz CT molecular complexity index is 596. The van der Waals surface area contributed by atoms with Gasteiger partial charge in [-0.15, -0.1) is 11.6 Å². The van der Waals surface area contributed by atoms with E-state index in [4.69, 9.17) is 16.7 Å². The maximum Gasteiger partial charge on any atom is 0.136 e. The molecule has 1 aromatic carbocycles. The second kappa shape index (κ2) is 6.10. The van der Waals surface area contributed by atoms with Crippen LogP contribution in [0.3, 0.4) is 0 Å². The number of halogens is 1. The molecule has 114 valence electrons. The van der Waals surface area contributed by atoms with Crippen LogP contribution in [0.25, 0.3) is 5.69 Å². The fraction of sp³-hybridized carbons (Fsp3) is 0.471. The van der Waals surface area contributed by atoms with Crippen molar-refractivity contribution >= 4 is 17.4 Å². The Morgan fingerprint density at radius 1 is 1.19 bits per heavy atom. The molecule has 2 rings (SSSR count). The molecule has 0 amide bonds. The van der Waals surface area contributed by atoms with Crippen LogP contribution in [0.5, 0.6) is 0 Å². The number of hydrogen-bond donors (Lipinski definition) is 0. The van der Waals surface area contributed by atoms with Gasteiger partial charge in [0.05, 0.1) is 17.3 Å². The summed E-state index contributed by atoms with van der Waals surface area (Å²) in [7, 11) is 2.11. The van der Waals surface area contributed by atoms with Crippen LogP contribution in [0, 0.1) is 12.3 Å². The molecular weight excluding hydrogens is 282 g/mol. The van der Waals surface area contributed by atoms with Crippen molar-refractivity contribution in [3.05, 3.63) is 41.6 Å². The number of aromatic nitrogens is 2. The highest BCUT2D eigenvalue weighted by Crippen LogP contribution is 2.30. The fourth-order valence-electron chi connectivity index (χ4n) is 2.63. The Morgan fingerprint density at radius 3 is 2.33 bits per heavy atom. The van der Waals surface area contributed by atoms with Gasteiger partial charge in [0.15, 0.2) is 0 Å². The lowest BCUT2D eigenvalue weighted by Crippen LogP contribution is -2.31. The average molecular weight is 306 g/mol. The molecule has 21 heavy (non-hydrogen) atoms. The summed E-state index contributed by atoms with van der Waals surface area (Å²) in [5, 5.41) is 4.69. The smallest absolute Gasteiger partial charge is 0.136 e. The van der Waals surface area contributed by atoms with Gasteiger partial charge in [-0.1, -0.05) is 39.0 Å². The zero-order valence-corrected chi connectivity index (χ0v) is 14.3. The zero-order chi connectivity index (χ0) is 15.6. The van der Waals surface area contributed by atoms with Gasteiger partial charge in [-0.3, -0.25) is 0 Å². The lowest BCUT2D eigenvalue weighted by Gasteiger charge is -2.29. The minimum absolute atomic E-state index is 0.206. The third-order valence-corrected chi connectivity index (χ3v) is 3.63. The molecule has 0 saturated carbocycles. The monoisotopic (exact) mass is 305 g/mol. The molecule has 4 heteroatoms. The van der Waals surface area contributed by atoms with Gasteiger partial charge in [-0.2, -0.15) is 5.10 Å². The lowest BCUT2D eigenvalue weighted by molar-refractivity contribution is 0.416. The van der Waals surface area contributed by atoms with Crippen LogP contribution in [-0.2, 0) is 5.88 Å². The van der Waals surface area contributed by atoms with E-state index in [0.717, 1.165) is 29.3 Å². The first-order valence-electron chi connectivity index (χ1n) is 7.24. The highest BCUT2D eigenvalue weighted by Gasteiger charge is 2.22. The van der Waals surface area contributed by atoms with Gasteiger partial charge in [-0.25, -0.2) is 4.68 Å². The zero-order valence-electron chi connectivity index (χ0n) is 13.5. The molecule has 0 aliphatic heterocycles. The van der Waals surface area contributed by atoms with Crippen molar-refractivity contribution in [1.29, 1.82) is 0 Å². The predicted molar refractivity (Wildman–Crippen MR) is 90.6 cm³/mol. The molecule has 2 aromatic rings. The Labute approximate surface area is 132 Å². The number of alkyl halides is 1. The molecule has 0 unspecified atom stereocenters. The number of benzene rings is 1. The van der Waals surface area contributed by atoms with Crippen LogP contribution in [0.4, 0.5) is 5.82 Å². The van der Waals surface area contributed by atoms with Crippen LogP contribution >= 0.6 is 11.6 Å². The molecule has 0 bridgehead atoms. The molecule has 3 nitrogen and oxygen atoms in total. The van der Waals surface area contributed by atoms with Gasteiger partial charge >= 0.3 is 0 Å². The van der Waals surface area contributed by atoms with Crippen LogP contribution in [0.1, 0.15) is 32.0 Å². The molecule has 0 radical (unpaired) electrons. The van der Waals surface area contributed by atoms with Gasteiger partial charge in [0.25, 0.3) is 0 Å². The molecule has 0 N–H and O–H groups in total. The van der Waals surface area contributed by atoms with Crippen LogP contribution < -0.4 is 4.90 Å². The Balaban J connectivity index is 2.52. The summed E-state index contributed by atoms with van der Waals surface area (Å²) in [5.41, 5.74) is 3.36. The van der Waals surface area contributed by atoms with Crippen molar-refractivity contribution in [2.24, 2.45) is 5.41 Å². The highest BCUT2D eigenvalue weighted by atomic mass is 35.5. The molecular formula is C17H24ClN3. The number of aryl methyl sites for hydroxylation is 1. The first kappa shape index (κ1) is 15.9. The number of para-hydroxylation sites is 1. The third kappa shape index (κ3) is 3.59. The molecule has 1 aromatic heterocycles. The molecule has 0 aliphatic rings. The normalized spacial score (nSPS) is 11.7. The predicted octanol–water partition coefficient (Wildman–Crippen LogP) is 4.40. The van der Waals surface area contributed by atoms with Crippen molar-refractivity contribution in [2.75, 3.05) is 18.5 Å². The standard InChI is InChI=1S/C17H24ClN3/c1-13-15(11-18)16(20(5)12-17(2,3)4)21(19-13)14-9-7-6-8-10-14/h6-10H,11-12H2,1-5H3. The summed E-state index contributed by atoms with van der Waals surface area (Å²) in [4.78, 5) is 2.25. The Morgan fingerprint density at radius 2 is 1.81 bits per heavy atom. The van der Waals surface area contributed by atoms with Crippen molar-refractivity contribution < 1.29 is 0 Å². The fourth-order valence-corrected chi connectivity index (χ4v) is 2.94. The first-order valence-corrected chi connectivity index (χ1v) is 7.78. The molecule has 0 spiro atoms. The molecule has 0 saturated heterocycles. The minimum Gasteiger partial charge on any atom is -0.359 e. The summed E-state index contributed by atoms with van der Waals surface area (Å²) < 4.78 is 2.00. The largest absolute Gasteiger partial charge is 0.359 e. The Kier molecular flexibility index (Phi) is 4.62. The van der Waals surface area contributed by atoms with E-state index in [0.29, 0.717) is 5.88 Å². The van der Waals surface area contributed by atoms with E-state index in [-0.39, 0.29) is 5.41 Å². The first-order chi connectivity index (χ1) is 9.83. The second-order valence-electron chi connectivity index (χ2n) is 6.69. The van der Waals surface area contributed by atoms with Crippen molar-refractivity contribution in [1.82, 2.24) is 9.78 Å². The van der Waals surface area contributed by atoms with Crippen LogP contribution in [-0.4, -0.2) is 23.4 Å². The average Bonchev–Trinajstić information content (AvgIpc) is 2.74. The third-order valence-electron chi connectivity index (χ3n) is 3.36. The summed E-state index contributed by atoms with van der Waals surface area (Å²) >= 11 is 6.17. The summed E-state index contributed by atoms with van der Waals surface area (Å²) in [5.74, 6) is 1.56. The van der Waals surface area contributed by atoms with Gasteiger partial charge in [-0.05, 0) is 24.5 Å². The second-order valence-corrected chi connectivity index (χ2v) is 6.95. The van der Waals surface area contributed by atoms with E-state index in [1.54, 1.807) is 0 Å². The lowest BCUT2D eigenvalue weighted by atomic mass is 9.96. The van der Waals surface area contributed by atoms with Gasteiger partial charge < -0.3 is 4.90 Å². The minimum atomic E-state index is 0.206. The highest BCUT2D eigenvalue weighted by molar-refractivity contribution is 6.17. The number of rotatable bonds is 4. The topological polar surface area (TPSA) is 21.1 Å². The molecule has 1 heterocycles. The van der Waals surface area contributed by atoms with E-state index in [9.17, 15) is 0 Å². The van der Waals surface area contributed by atoms with Crippen molar-refractivity contribution in [2.45, 2.75) is 33.6 Å². The van der Waals surface area contributed by atoms with Crippen molar-refractivity contribution in [3.63, 3.8) is 0 Å². The van der Waals surface area contributed by atoms with Crippen LogP contribution in [0.15, 0.2) is 30.3 Å². The van der Waals surface area contributed by atoms with Crippen LogP contribution in [0.2, 0.25) is 0 Å². The van der Waals surface area contributed by atoms with E-state index in [2.05, 4.69) is 44.9 Å². The summed E-state index contributed by atoms with van der Waals surface area (Å²) in [6.45, 7) is 9.67. The number of hydrogen-bond acceptors (Lipinski definition) is 2. The number of anilines is 1. The quantitative estimate of drug-likeness (QED) is 0.781. The maximum atomic E-state index is 6.17. The van der Waals surface area contributed by atoms with E-state index in [1.165, 1.54) is 0 Å². The Hall–Kier alpha value is -1.48. The van der Waals surface area contributed by atoms with E-state index in [1.807, 2.05) is 29.8 Å². The van der Waals surface area contributed by atoms with Crippen molar-refractivity contribution in [3.8, 4) is 5.69 Å². The van der Waals surface area contributed by atoms with E-state index < -0.39 is 0 Å². The summed E-state index contributed by atoms with van der Waals surface area (Å²) in [6.07, 6.45) is 0. The summed E-state index contributed by atoms with van der Waals surface area (Å²) in [6, 6.07) is 10.2. The van der Waals surface area contributed by atoms with E-state index >= 15 is 0 Å². The maximum absolute atomic E-state index is 6.17. The SMILES string of the molecule is Cc1nn(-c2ccccc2)c(N(C)CC(C)(C)C)c1CCl.